The molecule has 1 aromatic heterocycles. The molecular formula is C27H25F6NO3. The maximum absolute atomic E-state index is 14.0. The summed E-state index contributed by atoms with van der Waals surface area (Å²) in [6.07, 6.45) is -8.10. The second-order valence-electron chi connectivity index (χ2n) is 8.83. The summed E-state index contributed by atoms with van der Waals surface area (Å²) >= 11 is 0. The average molecular weight is 525 g/mol. The summed E-state index contributed by atoms with van der Waals surface area (Å²) in [7, 11) is 0. The largest absolute Gasteiger partial charge is 0.466 e. The van der Waals surface area contributed by atoms with Crippen LogP contribution >= 0.6 is 0 Å². The lowest BCUT2D eigenvalue weighted by molar-refractivity contribution is -0.146. The summed E-state index contributed by atoms with van der Waals surface area (Å²) in [5.41, 5.74) is -2.35. The van der Waals surface area contributed by atoms with Crippen LogP contribution in [0.25, 0.3) is 17.0 Å². The van der Waals surface area contributed by atoms with Crippen LogP contribution in [-0.4, -0.2) is 23.3 Å². The Balaban J connectivity index is 2.08. The summed E-state index contributed by atoms with van der Waals surface area (Å²) in [5, 5.41) is 0.731. The molecule has 3 aromatic rings. The highest BCUT2D eigenvalue weighted by molar-refractivity contribution is 6.04. The highest BCUT2D eigenvalue weighted by Crippen LogP contribution is 2.42. The van der Waals surface area contributed by atoms with Crippen LogP contribution in [0.4, 0.5) is 26.3 Å². The quantitative estimate of drug-likeness (QED) is 0.144. The van der Waals surface area contributed by atoms with Gasteiger partial charge in [0.1, 0.15) is 6.42 Å². The summed E-state index contributed by atoms with van der Waals surface area (Å²) in [5.74, 6) is -1.57. The number of aromatic nitrogens is 1. The van der Waals surface area contributed by atoms with Crippen molar-refractivity contribution in [3.63, 3.8) is 0 Å². The predicted octanol–water partition coefficient (Wildman–Crippen LogP) is 7.46. The van der Waals surface area contributed by atoms with Crippen LogP contribution in [0.2, 0.25) is 0 Å². The fourth-order valence-electron chi connectivity index (χ4n) is 4.07. The number of halogens is 6. The van der Waals surface area contributed by atoms with Gasteiger partial charge in [-0.05, 0) is 71.9 Å². The highest BCUT2D eigenvalue weighted by atomic mass is 19.4. The van der Waals surface area contributed by atoms with Crippen LogP contribution in [-0.2, 0) is 33.1 Å². The van der Waals surface area contributed by atoms with Crippen molar-refractivity contribution in [2.45, 2.75) is 51.9 Å². The number of esters is 1. The molecule has 4 nitrogen and oxygen atoms in total. The van der Waals surface area contributed by atoms with E-state index in [1.54, 1.807) is 18.3 Å². The predicted molar refractivity (Wildman–Crippen MR) is 127 cm³/mol. The fraction of sp³-hybridized carbons (Fsp3) is 0.333. The summed E-state index contributed by atoms with van der Waals surface area (Å²) < 4.78 is 88.6. The van der Waals surface area contributed by atoms with Gasteiger partial charge in [-0.15, -0.1) is 0 Å². The number of benzene rings is 2. The summed E-state index contributed by atoms with van der Waals surface area (Å²) in [6.45, 7) is 5.42. The first-order chi connectivity index (χ1) is 17.2. The number of allylic oxidation sites excluding steroid dienone is 1. The number of carbonyl (C=O) groups is 2. The summed E-state index contributed by atoms with van der Waals surface area (Å²) in [6, 6.07) is 5.87. The Kier molecular flexibility index (Phi) is 8.19. The Hall–Kier alpha value is -3.56. The van der Waals surface area contributed by atoms with E-state index < -0.39 is 59.2 Å². The molecule has 0 aliphatic rings. The van der Waals surface area contributed by atoms with Gasteiger partial charge in [-0.2, -0.15) is 26.3 Å². The molecule has 1 heterocycles. The zero-order valence-corrected chi connectivity index (χ0v) is 20.3. The van der Waals surface area contributed by atoms with Crippen LogP contribution in [0.15, 0.2) is 42.6 Å². The number of H-pyrrole nitrogens is 1. The standard InChI is InChI=1S/C27H25F6NO3/c1-4-37-25(36)13-18(35)7-5-17-11-22(26(28,29)30)20(23(12-17)27(31,32)33)10-16-6-8-24-19(9-16)21(14-34-24)15(2)3/h5-9,11-12,14-15,34H,4,10,13H2,1-3H3/b7-5+. The van der Waals surface area contributed by atoms with Crippen LogP contribution in [0.5, 0.6) is 0 Å². The van der Waals surface area contributed by atoms with Gasteiger partial charge in [-0.3, -0.25) is 9.59 Å². The molecule has 0 saturated carbocycles. The fourth-order valence-corrected chi connectivity index (χ4v) is 4.07. The van der Waals surface area contributed by atoms with Crippen LogP contribution in [0.1, 0.15) is 66.5 Å². The van der Waals surface area contributed by atoms with E-state index in [9.17, 15) is 35.9 Å². The molecule has 198 valence electrons. The monoisotopic (exact) mass is 525 g/mol. The number of ketones is 1. The molecule has 0 unspecified atom stereocenters. The van der Waals surface area contributed by atoms with Gasteiger partial charge >= 0.3 is 18.3 Å². The minimum Gasteiger partial charge on any atom is -0.466 e. The lowest BCUT2D eigenvalue weighted by Gasteiger charge is -2.20. The molecule has 10 heteroatoms. The first-order valence-electron chi connectivity index (χ1n) is 11.5. The lowest BCUT2D eigenvalue weighted by Crippen LogP contribution is -2.17. The van der Waals surface area contributed by atoms with Crippen molar-refractivity contribution >= 4 is 28.7 Å². The van der Waals surface area contributed by atoms with Gasteiger partial charge in [-0.25, -0.2) is 0 Å². The Morgan fingerprint density at radius 2 is 1.62 bits per heavy atom. The molecule has 0 atom stereocenters. The van der Waals surface area contributed by atoms with Crippen LogP contribution in [0, 0.1) is 0 Å². The maximum Gasteiger partial charge on any atom is 0.416 e. The van der Waals surface area contributed by atoms with Gasteiger partial charge in [-0.1, -0.05) is 26.0 Å². The van der Waals surface area contributed by atoms with Gasteiger partial charge < -0.3 is 9.72 Å². The first kappa shape index (κ1) is 28.0. The van der Waals surface area contributed by atoms with Crippen molar-refractivity contribution in [2.75, 3.05) is 6.61 Å². The smallest absolute Gasteiger partial charge is 0.416 e. The number of alkyl halides is 6. The molecule has 1 N–H and O–H groups in total. The van der Waals surface area contributed by atoms with E-state index in [-0.39, 0.29) is 18.1 Å². The second kappa shape index (κ2) is 10.8. The number of hydrogen-bond acceptors (Lipinski definition) is 3. The number of rotatable bonds is 8. The van der Waals surface area contributed by atoms with E-state index in [1.165, 1.54) is 13.0 Å². The molecule has 0 aliphatic carbocycles. The molecule has 0 amide bonds. The number of fused-ring (bicyclic) bond motifs is 1. The molecular weight excluding hydrogens is 500 g/mol. The van der Waals surface area contributed by atoms with Gasteiger partial charge in [0.25, 0.3) is 0 Å². The van der Waals surface area contributed by atoms with E-state index in [0.717, 1.165) is 28.6 Å². The Morgan fingerprint density at radius 1 is 1.00 bits per heavy atom. The number of hydrogen-bond donors (Lipinski definition) is 1. The number of nitrogens with one attached hydrogen (secondary N) is 1. The van der Waals surface area contributed by atoms with Gasteiger partial charge in [0.05, 0.1) is 17.7 Å². The molecule has 2 aromatic carbocycles. The van der Waals surface area contributed by atoms with E-state index in [1.807, 2.05) is 13.8 Å². The third-order valence-corrected chi connectivity index (χ3v) is 5.75. The van der Waals surface area contributed by atoms with Crippen LogP contribution < -0.4 is 0 Å². The molecule has 0 fully saturated rings. The van der Waals surface area contributed by atoms with Crippen molar-refractivity contribution in [3.8, 4) is 0 Å². The van der Waals surface area contributed by atoms with Gasteiger partial charge in [0, 0.05) is 17.1 Å². The third-order valence-electron chi connectivity index (χ3n) is 5.75. The Morgan fingerprint density at radius 3 is 2.16 bits per heavy atom. The van der Waals surface area contributed by atoms with E-state index in [2.05, 4.69) is 9.72 Å². The minimum absolute atomic E-state index is 0.0248. The highest BCUT2D eigenvalue weighted by Gasteiger charge is 2.41. The molecule has 3 rings (SSSR count). The van der Waals surface area contributed by atoms with Crippen molar-refractivity contribution in [1.29, 1.82) is 0 Å². The van der Waals surface area contributed by atoms with Gasteiger partial charge in [0.15, 0.2) is 5.78 Å². The van der Waals surface area contributed by atoms with E-state index in [0.29, 0.717) is 12.1 Å². The summed E-state index contributed by atoms with van der Waals surface area (Å²) in [4.78, 5) is 26.4. The Bertz CT molecular complexity index is 1300. The zero-order valence-electron chi connectivity index (χ0n) is 20.3. The second-order valence-corrected chi connectivity index (χ2v) is 8.83. The molecule has 37 heavy (non-hydrogen) atoms. The number of carbonyl (C=O) groups excluding carboxylic acids is 2. The maximum atomic E-state index is 14.0. The topological polar surface area (TPSA) is 59.2 Å². The SMILES string of the molecule is CCOC(=O)CC(=O)/C=C/c1cc(C(F)(F)F)c(Cc2ccc3[nH]cc(C(C)C)c3c2)c(C(F)(F)F)c1. The van der Waals surface area contributed by atoms with Crippen LogP contribution in [0.3, 0.4) is 0 Å². The number of ether oxygens (including phenoxy) is 1. The zero-order chi connectivity index (χ0) is 27.5. The average Bonchev–Trinajstić information content (AvgIpc) is 3.20. The van der Waals surface area contributed by atoms with Gasteiger partial charge in [0.2, 0.25) is 0 Å². The molecule has 0 saturated heterocycles. The normalized spacial score (nSPS) is 12.6. The van der Waals surface area contributed by atoms with Crippen molar-refractivity contribution < 1.29 is 40.7 Å². The molecule has 0 aliphatic heterocycles. The lowest BCUT2D eigenvalue weighted by atomic mass is 9.90. The van der Waals surface area contributed by atoms with E-state index in [4.69, 9.17) is 0 Å². The van der Waals surface area contributed by atoms with Crippen molar-refractivity contribution in [2.24, 2.45) is 0 Å². The molecule has 0 spiro atoms. The van der Waals surface area contributed by atoms with Crippen molar-refractivity contribution in [3.05, 3.63) is 76.0 Å². The molecule has 0 radical (unpaired) electrons. The third kappa shape index (κ3) is 6.81. The van der Waals surface area contributed by atoms with E-state index >= 15 is 0 Å². The molecule has 0 bridgehead atoms. The number of aromatic amines is 1. The Labute approximate surface area is 209 Å². The van der Waals surface area contributed by atoms with Crippen molar-refractivity contribution in [1.82, 2.24) is 4.98 Å². The minimum atomic E-state index is -5.09. The first-order valence-corrected chi connectivity index (χ1v) is 11.5.